The van der Waals surface area contributed by atoms with Crippen molar-refractivity contribution >= 4 is 39.4 Å². The molecule has 6 nitrogen and oxygen atoms in total. The molecule has 0 saturated carbocycles. The van der Waals surface area contributed by atoms with E-state index in [0.29, 0.717) is 16.8 Å². The van der Waals surface area contributed by atoms with E-state index in [1.165, 1.54) is 17.8 Å². The third kappa shape index (κ3) is 3.44. The molecule has 5 rings (SSSR count). The highest BCUT2D eigenvalue weighted by Gasteiger charge is 2.34. The summed E-state index contributed by atoms with van der Waals surface area (Å²) in [6.45, 7) is 7.42. The zero-order valence-corrected chi connectivity index (χ0v) is 17.7. The van der Waals surface area contributed by atoms with E-state index in [4.69, 9.17) is 4.42 Å². The monoisotopic (exact) mass is 426 g/mol. The highest BCUT2D eigenvalue weighted by molar-refractivity contribution is 8.14. The molecule has 0 spiro atoms. The van der Waals surface area contributed by atoms with Crippen molar-refractivity contribution in [2.24, 2.45) is 4.99 Å². The van der Waals surface area contributed by atoms with Crippen molar-refractivity contribution in [3.05, 3.63) is 53.2 Å². The number of nitrogens with one attached hydrogen (secondary N) is 2. The minimum absolute atomic E-state index is 0.119. The van der Waals surface area contributed by atoms with E-state index in [1.54, 1.807) is 6.07 Å². The molecule has 2 unspecified atom stereocenters. The van der Waals surface area contributed by atoms with E-state index in [1.807, 2.05) is 32.1 Å². The molecule has 0 bridgehead atoms. The third-order valence-electron chi connectivity index (χ3n) is 5.60. The van der Waals surface area contributed by atoms with Gasteiger partial charge in [-0.25, -0.2) is 4.39 Å². The summed E-state index contributed by atoms with van der Waals surface area (Å²) < 4.78 is 20.4. The number of benzene rings is 1. The molecule has 30 heavy (non-hydrogen) atoms. The molecule has 156 valence electrons. The van der Waals surface area contributed by atoms with E-state index in [0.717, 1.165) is 48.1 Å². The number of carbonyl (C=O) groups is 1. The first kappa shape index (κ1) is 19.4. The first-order chi connectivity index (χ1) is 14.5. The lowest BCUT2D eigenvalue weighted by molar-refractivity contribution is 0.0967. The molecule has 1 aliphatic carbocycles. The van der Waals surface area contributed by atoms with Crippen molar-refractivity contribution < 1.29 is 13.6 Å². The van der Waals surface area contributed by atoms with Crippen molar-refractivity contribution in [2.45, 2.75) is 25.1 Å². The molecule has 1 amide bonds. The van der Waals surface area contributed by atoms with Gasteiger partial charge in [0, 0.05) is 42.9 Å². The Morgan fingerprint density at radius 3 is 2.93 bits per heavy atom. The number of hydrogen-bond donors (Lipinski definition) is 2. The fourth-order valence-electron chi connectivity index (χ4n) is 4.23. The maximum Gasteiger partial charge on any atom is 0.259 e. The van der Waals surface area contributed by atoms with E-state index in [-0.39, 0.29) is 17.0 Å². The Hall–Kier alpha value is -2.58. The van der Waals surface area contributed by atoms with Crippen molar-refractivity contribution in [1.29, 1.82) is 0 Å². The summed E-state index contributed by atoms with van der Waals surface area (Å²) in [4.78, 5) is 19.7. The van der Waals surface area contributed by atoms with Crippen LogP contribution < -0.4 is 15.5 Å². The Morgan fingerprint density at radius 1 is 1.33 bits per heavy atom. The predicted octanol–water partition coefficient (Wildman–Crippen LogP) is 3.53. The summed E-state index contributed by atoms with van der Waals surface area (Å²) in [5, 5.41) is 7.87. The van der Waals surface area contributed by atoms with Crippen LogP contribution in [-0.2, 0) is 0 Å². The second-order valence-corrected chi connectivity index (χ2v) is 9.12. The number of allylic oxidation sites excluding steroid dienone is 1. The van der Waals surface area contributed by atoms with Gasteiger partial charge >= 0.3 is 0 Å². The Kier molecular flexibility index (Phi) is 4.91. The summed E-state index contributed by atoms with van der Waals surface area (Å²) in [6, 6.07) is 5.27. The first-order valence-electron chi connectivity index (χ1n) is 10.1. The SMILES string of the molecule is CC1=NC2C(F)=CC(NC(=O)c3ccc(N4CCNCC4)c4cc(C)oc34)=CC2S1. The molecule has 1 saturated heterocycles. The van der Waals surface area contributed by atoms with E-state index < -0.39 is 6.04 Å². The lowest BCUT2D eigenvalue weighted by Gasteiger charge is -2.30. The van der Waals surface area contributed by atoms with Crippen LogP contribution >= 0.6 is 11.8 Å². The Labute approximate surface area is 178 Å². The highest BCUT2D eigenvalue weighted by Crippen LogP contribution is 2.37. The van der Waals surface area contributed by atoms with Gasteiger partial charge in [0.1, 0.15) is 23.2 Å². The van der Waals surface area contributed by atoms with Crippen molar-refractivity contribution in [3.8, 4) is 0 Å². The lowest BCUT2D eigenvalue weighted by Crippen LogP contribution is -2.43. The van der Waals surface area contributed by atoms with Crippen molar-refractivity contribution in [2.75, 3.05) is 31.1 Å². The van der Waals surface area contributed by atoms with E-state index in [2.05, 4.69) is 20.5 Å². The molecule has 2 aliphatic heterocycles. The zero-order chi connectivity index (χ0) is 20.8. The number of hydrogen-bond acceptors (Lipinski definition) is 6. The van der Waals surface area contributed by atoms with Crippen LogP contribution in [0.4, 0.5) is 10.1 Å². The second-order valence-electron chi connectivity index (χ2n) is 7.75. The summed E-state index contributed by atoms with van der Waals surface area (Å²) >= 11 is 1.52. The molecule has 0 radical (unpaired) electrons. The maximum atomic E-state index is 14.4. The minimum Gasteiger partial charge on any atom is -0.460 e. The van der Waals surface area contributed by atoms with Crippen LogP contribution in [0.3, 0.4) is 0 Å². The number of rotatable bonds is 3. The fraction of sp³-hybridized carbons (Fsp3) is 0.364. The number of carbonyl (C=O) groups excluding carboxylic acids is 1. The Balaban J connectivity index is 1.44. The molecule has 2 N–H and O–H groups in total. The number of fused-ring (bicyclic) bond motifs is 2. The number of furan rings is 1. The zero-order valence-electron chi connectivity index (χ0n) is 16.9. The molecule has 3 aliphatic rings. The number of halogens is 1. The van der Waals surface area contributed by atoms with Crippen LogP contribution in [0.25, 0.3) is 11.0 Å². The van der Waals surface area contributed by atoms with Crippen LogP contribution in [0.1, 0.15) is 23.0 Å². The van der Waals surface area contributed by atoms with E-state index in [9.17, 15) is 9.18 Å². The van der Waals surface area contributed by atoms with Gasteiger partial charge in [-0.3, -0.25) is 9.79 Å². The number of aliphatic imine (C=N–C) groups is 1. The minimum atomic E-state index is -0.478. The average molecular weight is 427 g/mol. The predicted molar refractivity (Wildman–Crippen MR) is 119 cm³/mol. The van der Waals surface area contributed by atoms with Crippen molar-refractivity contribution in [1.82, 2.24) is 10.6 Å². The van der Waals surface area contributed by atoms with Gasteiger partial charge in [-0.05, 0) is 44.2 Å². The van der Waals surface area contributed by atoms with Gasteiger partial charge in [-0.1, -0.05) is 0 Å². The number of aryl methyl sites for hydroxylation is 1. The Bertz CT molecular complexity index is 1110. The molecule has 8 heteroatoms. The molecular formula is C22H23FN4O2S. The second kappa shape index (κ2) is 7.59. The Morgan fingerprint density at radius 2 is 2.13 bits per heavy atom. The van der Waals surface area contributed by atoms with Crippen LogP contribution in [-0.4, -0.2) is 48.4 Å². The summed E-state index contributed by atoms with van der Waals surface area (Å²) in [5.74, 6) is 0.119. The quantitative estimate of drug-likeness (QED) is 0.786. The van der Waals surface area contributed by atoms with Gasteiger partial charge in [0.25, 0.3) is 5.91 Å². The highest BCUT2D eigenvalue weighted by atomic mass is 32.2. The lowest BCUT2D eigenvalue weighted by atomic mass is 10.0. The van der Waals surface area contributed by atoms with E-state index >= 15 is 0 Å². The molecule has 1 aromatic heterocycles. The van der Waals surface area contributed by atoms with Gasteiger partial charge in [0.2, 0.25) is 0 Å². The largest absolute Gasteiger partial charge is 0.460 e. The van der Waals surface area contributed by atoms with Gasteiger partial charge in [0.15, 0.2) is 0 Å². The molecule has 1 aromatic carbocycles. The van der Waals surface area contributed by atoms with Gasteiger partial charge in [-0.15, -0.1) is 11.8 Å². The van der Waals surface area contributed by atoms with Gasteiger partial charge in [0.05, 0.1) is 15.9 Å². The molecule has 2 aromatic rings. The number of amides is 1. The topological polar surface area (TPSA) is 69.9 Å². The number of piperazine rings is 1. The standard InChI is InChI=1S/C22H23FN4O2S/c1-12-9-16-18(27-7-5-24-6-8-27)4-3-15(21(16)29-12)22(28)26-14-10-17(23)20-19(11-14)30-13(2)25-20/h3-4,9-11,19-20,24H,5-8H2,1-2H3,(H,26,28). The van der Waals surface area contributed by atoms with Crippen LogP contribution in [0.2, 0.25) is 0 Å². The van der Waals surface area contributed by atoms with Gasteiger partial charge in [-0.2, -0.15) is 0 Å². The van der Waals surface area contributed by atoms with Crippen LogP contribution in [0, 0.1) is 6.92 Å². The normalized spacial score (nSPS) is 23.7. The third-order valence-corrected chi connectivity index (χ3v) is 6.71. The van der Waals surface area contributed by atoms with Crippen molar-refractivity contribution in [3.63, 3.8) is 0 Å². The van der Waals surface area contributed by atoms with Crippen LogP contribution in [0.5, 0.6) is 0 Å². The molecule has 2 atom stereocenters. The van der Waals surface area contributed by atoms with Gasteiger partial charge < -0.3 is 20.0 Å². The maximum absolute atomic E-state index is 14.4. The first-order valence-corrected chi connectivity index (χ1v) is 11.0. The summed E-state index contributed by atoms with van der Waals surface area (Å²) in [5.41, 5.74) is 2.54. The number of anilines is 1. The molecular weight excluding hydrogens is 403 g/mol. The average Bonchev–Trinajstić information content (AvgIpc) is 3.29. The fourth-order valence-corrected chi connectivity index (χ4v) is 5.34. The summed E-state index contributed by atoms with van der Waals surface area (Å²) in [6.07, 6.45) is 3.23. The molecule has 1 fully saturated rings. The smallest absolute Gasteiger partial charge is 0.259 e. The number of thioether (sulfide) groups is 1. The summed E-state index contributed by atoms with van der Waals surface area (Å²) in [7, 11) is 0. The van der Waals surface area contributed by atoms with Crippen LogP contribution in [0.15, 0.2) is 51.3 Å². The molecule has 3 heterocycles. The number of nitrogens with zero attached hydrogens (tertiary/aromatic N) is 2.